The fraction of sp³-hybridized carbons (Fsp3) is 0.200. The van der Waals surface area contributed by atoms with Gasteiger partial charge >= 0.3 is 0 Å². The van der Waals surface area contributed by atoms with E-state index in [2.05, 4.69) is 31.2 Å². The molecule has 0 aliphatic heterocycles. The van der Waals surface area contributed by atoms with Crippen LogP contribution < -0.4 is 5.32 Å². The van der Waals surface area contributed by atoms with Gasteiger partial charge in [-0.05, 0) is 30.4 Å². The number of aliphatic hydroxyl groups excluding tert-OH is 1. The van der Waals surface area contributed by atoms with E-state index in [1.54, 1.807) is 54.2 Å². The molecule has 8 heteroatoms. The number of hydrogen-bond acceptors (Lipinski definition) is 4. The van der Waals surface area contributed by atoms with Crippen LogP contribution in [0.1, 0.15) is 23.8 Å². The predicted molar refractivity (Wildman–Crippen MR) is 112 cm³/mol. The number of aromatic nitrogens is 3. The van der Waals surface area contributed by atoms with Gasteiger partial charge < -0.3 is 15.0 Å². The molecule has 0 saturated heterocycles. The SMILES string of the molecule is Cn1cnc2c(F)c(NC3(Cl)C=CC(Br)=CC3)c(C(O)c3ccccn3)cc21. The van der Waals surface area contributed by atoms with Gasteiger partial charge in [-0.1, -0.05) is 39.7 Å². The van der Waals surface area contributed by atoms with Gasteiger partial charge in [0, 0.05) is 29.7 Å². The maximum absolute atomic E-state index is 15.4. The van der Waals surface area contributed by atoms with Crippen LogP contribution in [0.4, 0.5) is 10.1 Å². The lowest BCUT2D eigenvalue weighted by Gasteiger charge is -2.29. The minimum Gasteiger partial charge on any atom is -0.382 e. The summed E-state index contributed by atoms with van der Waals surface area (Å²) in [6, 6.07) is 6.93. The average molecular weight is 464 g/mol. The smallest absolute Gasteiger partial charge is 0.174 e. The van der Waals surface area contributed by atoms with E-state index in [0.29, 0.717) is 23.2 Å². The molecular weight excluding hydrogens is 447 g/mol. The minimum atomic E-state index is -1.13. The molecule has 5 nitrogen and oxygen atoms in total. The third-order valence-corrected chi connectivity index (χ3v) is 5.65. The number of anilines is 1. The lowest BCUT2D eigenvalue weighted by molar-refractivity contribution is 0.215. The number of nitrogens with zero attached hydrogens (tertiary/aromatic N) is 3. The van der Waals surface area contributed by atoms with Gasteiger partial charge in [-0.15, -0.1) is 0 Å². The molecule has 144 valence electrons. The fourth-order valence-corrected chi connectivity index (χ4v) is 3.71. The van der Waals surface area contributed by atoms with Crippen molar-refractivity contribution in [3.63, 3.8) is 0 Å². The van der Waals surface area contributed by atoms with Crippen LogP contribution in [0.15, 0.2) is 59.5 Å². The number of benzene rings is 1. The Morgan fingerprint density at radius 2 is 2.21 bits per heavy atom. The highest BCUT2D eigenvalue weighted by atomic mass is 79.9. The van der Waals surface area contributed by atoms with Crippen LogP contribution in [0, 0.1) is 5.82 Å². The topological polar surface area (TPSA) is 63.0 Å². The van der Waals surface area contributed by atoms with Gasteiger partial charge in [0.15, 0.2) is 5.82 Å². The van der Waals surface area contributed by atoms with Crippen LogP contribution in [0.2, 0.25) is 0 Å². The highest BCUT2D eigenvalue weighted by Crippen LogP contribution is 2.39. The number of aliphatic hydroxyl groups is 1. The Morgan fingerprint density at radius 1 is 1.39 bits per heavy atom. The second-order valence-electron chi connectivity index (χ2n) is 6.65. The zero-order valence-electron chi connectivity index (χ0n) is 14.9. The van der Waals surface area contributed by atoms with Crippen LogP contribution in [-0.2, 0) is 7.05 Å². The summed E-state index contributed by atoms with van der Waals surface area (Å²) in [5.74, 6) is -0.565. The second-order valence-corrected chi connectivity index (χ2v) is 8.24. The number of halogens is 3. The van der Waals surface area contributed by atoms with Crippen molar-refractivity contribution in [2.45, 2.75) is 17.5 Å². The summed E-state index contributed by atoms with van der Waals surface area (Å²) in [5.41, 5.74) is 1.64. The highest BCUT2D eigenvalue weighted by Gasteiger charge is 2.30. The fourth-order valence-electron chi connectivity index (χ4n) is 3.18. The zero-order chi connectivity index (χ0) is 19.9. The molecular formula is C20H17BrClFN4O. The van der Waals surface area contributed by atoms with Gasteiger partial charge in [0.05, 0.1) is 23.2 Å². The molecule has 3 aromatic rings. The van der Waals surface area contributed by atoms with E-state index in [1.165, 1.54) is 6.33 Å². The molecule has 0 fully saturated rings. The number of pyridine rings is 1. The molecule has 0 saturated carbocycles. The van der Waals surface area contributed by atoms with Gasteiger partial charge in [-0.2, -0.15) is 0 Å². The Balaban J connectivity index is 1.86. The van der Waals surface area contributed by atoms with Gasteiger partial charge in [0.2, 0.25) is 0 Å². The molecule has 0 bridgehead atoms. The average Bonchev–Trinajstić information content (AvgIpc) is 3.08. The molecule has 1 aliphatic rings. The predicted octanol–water partition coefficient (Wildman–Crippen LogP) is 4.77. The summed E-state index contributed by atoms with van der Waals surface area (Å²) in [6.07, 6.45) is 7.86. The normalized spacial score (nSPS) is 20.2. The Labute approximate surface area is 174 Å². The second kappa shape index (κ2) is 7.31. The molecule has 28 heavy (non-hydrogen) atoms. The number of aryl methyl sites for hydroxylation is 1. The summed E-state index contributed by atoms with van der Waals surface area (Å²) in [4.78, 5) is 7.33. The summed E-state index contributed by atoms with van der Waals surface area (Å²) in [5, 5.41) is 14.0. The molecule has 2 N–H and O–H groups in total. The molecule has 1 aliphatic carbocycles. The number of rotatable bonds is 4. The van der Waals surface area contributed by atoms with Crippen LogP contribution in [-0.4, -0.2) is 24.6 Å². The first kappa shape index (κ1) is 19.1. The highest BCUT2D eigenvalue weighted by molar-refractivity contribution is 9.11. The maximum Gasteiger partial charge on any atom is 0.174 e. The third kappa shape index (κ3) is 3.45. The molecule has 2 heterocycles. The number of alkyl halides is 1. The summed E-state index contributed by atoms with van der Waals surface area (Å²) in [6.45, 7) is 0. The molecule has 0 radical (unpaired) electrons. The number of imidazole rings is 1. The molecule has 2 atom stereocenters. The molecule has 4 rings (SSSR count). The van der Waals surface area contributed by atoms with Crippen molar-refractivity contribution < 1.29 is 9.50 Å². The van der Waals surface area contributed by atoms with E-state index in [9.17, 15) is 5.11 Å². The van der Waals surface area contributed by atoms with Crippen molar-refractivity contribution in [2.75, 3.05) is 5.32 Å². The van der Waals surface area contributed by atoms with E-state index in [1.807, 2.05) is 6.08 Å². The van der Waals surface area contributed by atoms with Crippen molar-refractivity contribution in [3.05, 3.63) is 76.6 Å². The molecule has 2 unspecified atom stereocenters. The van der Waals surface area contributed by atoms with Gasteiger partial charge in [-0.3, -0.25) is 4.98 Å². The van der Waals surface area contributed by atoms with E-state index in [0.717, 1.165) is 4.48 Å². The lowest BCUT2D eigenvalue weighted by atomic mass is 10.00. The monoisotopic (exact) mass is 462 g/mol. The van der Waals surface area contributed by atoms with Crippen molar-refractivity contribution >= 4 is 44.3 Å². The molecule has 2 aromatic heterocycles. The van der Waals surface area contributed by atoms with Crippen molar-refractivity contribution in [1.82, 2.24) is 14.5 Å². The quantitative estimate of drug-likeness (QED) is 0.432. The Kier molecular flexibility index (Phi) is 4.99. The Bertz CT molecular complexity index is 1100. The Hall–Kier alpha value is -2.22. The summed E-state index contributed by atoms with van der Waals surface area (Å²) in [7, 11) is 1.77. The van der Waals surface area contributed by atoms with Gasteiger partial charge in [-0.25, -0.2) is 9.37 Å². The number of hydrogen-bond donors (Lipinski definition) is 2. The van der Waals surface area contributed by atoms with E-state index < -0.39 is 16.9 Å². The number of fused-ring (bicyclic) bond motifs is 1. The van der Waals surface area contributed by atoms with Crippen molar-refractivity contribution in [1.29, 1.82) is 0 Å². The largest absolute Gasteiger partial charge is 0.382 e. The van der Waals surface area contributed by atoms with Crippen LogP contribution in [0.5, 0.6) is 0 Å². The first-order chi connectivity index (χ1) is 13.4. The first-order valence-electron chi connectivity index (χ1n) is 8.62. The van der Waals surface area contributed by atoms with Gasteiger partial charge in [0.1, 0.15) is 16.6 Å². The van der Waals surface area contributed by atoms with Crippen LogP contribution >= 0.6 is 27.5 Å². The third-order valence-electron chi connectivity index (χ3n) is 4.69. The first-order valence-corrected chi connectivity index (χ1v) is 9.79. The standard InChI is InChI=1S/C20H17BrClFN4O/c1-27-11-25-18-15(27)10-13(19(28)14-4-2-3-9-24-14)17(16(18)23)26-20(22)7-5-12(21)6-8-20/h2-7,9-11,19,26,28H,8H2,1H3. The van der Waals surface area contributed by atoms with Gasteiger partial charge in [0.25, 0.3) is 0 Å². The number of allylic oxidation sites excluding steroid dienone is 2. The summed E-state index contributed by atoms with van der Waals surface area (Å²) >= 11 is 10.1. The summed E-state index contributed by atoms with van der Waals surface area (Å²) < 4.78 is 18.0. The lowest BCUT2D eigenvalue weighted by Crippen LogP contribution is -2.31. The van der Waals surface area contributed by atoms with Crippen LogP contribution in [0.25, 0.3) is 11.0 Å². The Morgan fingerprint density at radius 3 is 2.89 bits per heavy atom. The minimum absolute atomic E-state index is 0.107. The molecule has 1 aromatic carbocycles. The van der Waals surface area contributed by atoms with E-state index >= 15 is 4.39 Å². The van der Waals surface area contributed by atoms with Crippen molar-refractivity contribution in [3.8, 4) is 0 Å². The van der Waals surface area contributed by atoms with E-state index in [4.69, 9.17) is 11.6 Å². The maximum atomic E-state index is 15.4. The van der Waals surface area contributed by atoms with Crippen molar-refractivity contribution in [2.24, 2.45) is 7.05 Å². The van der Waals surface area contributed by atoms with Crippen LogP contribution in [0.3, 0.4) is 0 Å². The number of nitrogens with one attached hydrogen (secondary N) is 1. The molecule has 0 spiro atoms. The molecule has 0 amide bonds. The van der Waals surface area contributed by atoms with E-state index in [-0.39, 0.29) is 11.2 Å². The zero-order valence-corrected chi connectivity index (χ0v) is 17.2.